The summed E-state index contributed by atoms with van der Waals surface area (Å²) in [5.41, 5.74) is 0.733. The van der Waals surface area contributed by atoms with Gasteiger partial charge in [-0.3, -0.25) is 4.79 Å². The number of hydrogen-bond acceptors (Lipinski definition) is 2. The Balaban J connectivity index is 2.22. The number of rotatable bonds is 8. The molecule has 0 fully saturated rings. The van der Waals surface area contributed by atoms with E-state index in [0.717, 1.165) is 18.0 Å². The van der Waals surface area contributed by atoms with Gasteiger partial charge < -0.3 is 10.6 Å². The fourth-order valence-electron chi connectivity index (χ4n) is 1.97. The summed E-state index contributed by atoms with van der Waals surface area (Å²) >= 11 is 5.87. The van der Waals surface area contributed by atoms with Crippen molar-refractivity contribution in [1.29, 1.82) is 0 Å². The lowest BCUT2D eigenvalue weighted by Gasteiger charge is -2.14. The summed E-state index contributed by atoms with van der Waals surface area (Å²) in [5, 5.41) is 6.70. The van der Waals surface area contributed by atoms with Gasteiger partial charge in [-0.05, 0) is 37.5 Å². The van der Waals surface area contributed by atoms with Gasteiger partial charge in [-0.1, -0.05) is 44.4 Å². The van der Waals surface area contributed by atoms with Crippen molar-refractivity contribution >= 4 is 23.2 Å². The summed E-state index contributed by atoms with van der Waals surface area (Å²) in [6.07, 6.45) is 3.53. The summed E-state index contributed by atoms with van der Waals surface area (Å²) in [7, 11) is 0. The molecule has 1 atom stereocenters. The van der Waals surface area contributed by atoms with Crippen LogP contribution in [0.3, 0.4) is 0 Å². The number of carbonyl (C=O) groups excluding carboxylic acids is 1. The first-order chi connectivity index (χ1) is 9.47. The molecular weight excluding hydrogens is 272 g/mol. The van der Waals surface area contributed by atoms with Crippen LogP contribution in [0.5, 0.6) is 0 Å². The van der Waals surface area contributed by atoms with Crippen LogP contribution in [0, 0.1) is 5.92 Å². The number of nitrogens with one attached hydrogen (secondary N) is 2. The van der Waals surface area contributed by atoms with Crippen LogP contribution in [0.4, 0.5) is 5.69 Å². The highest BCUT2D eigenvalue weighted by Gasteiger charge is 2.06. The first-order valence-electron chi connectivity index (χ1n) is 7.26. The maximum Gasteiger partial charge on any atom is 0.238 e. The lowest BCUT2D eigenvalue weighted by molar-refractivity contribution is -0.115. The SMILES string of the molecule is CC(C)CCCC(C)NCC(=O)Nc1cccc(Cl)c1. The second-order valence-corrected chi connectivity index (χ2v) is 6.10. The molecule has 112 valence electrons. The first-order valence-corrected chi connectivity index (χ1v) is 7.64. The highest BCUT2D eigenvalue weighted by Crippen LogP contribution is 2.14. The van der Waals surface area contributed by atoms with E-state index in [1.54, 1.807) is 12.1 Å². The zero-order chi connectivity index (χ0) is 15.0. The van der Waals surface area contributed by atoms with Crippen molar-refractivity contribution in [3.63, 3.8) is 0 Å². The average Bonchev–Trinajstić information content (AvgIpc) is 2.36. The van der Waals surface area contributed by atoms with E-state index >= 15 is 0 Å². The highest BCUT2D eigenvalue weighted by molar-refractivity contribution is 6.30. The minimum absolute atomic E-state index is 0.0389. The van der Waals surface area contributed by atoms with E-state index in [-0.39, 0.29) is 5.91 Å². The van der Waals surface area contributed by atoms with Gasteiger partial charge in [0.1, 0.15) is 0 Å². The second-order valence-electron chi connectivity index (χ2n) is 5.67. The van der Waals surface area contributed by atoms with Crippen LogP contribution in [0.15, 0.2) is 24.3 Å². The second kappa shape index (κ2) is 8.98. The number of benzene rings is 1. The Morgan fingerprint density at radius 1 is 1.25 bits per heavy atom. The van der Waals surface area contributed by atoms with E-state index in [2.05, 4.69) is 31.4 Å². The molecule has 4 heteroatoms. The molecule has 0 bridgehead atoms. The zero-order valence-corrected chi connectivity index (χ0v) is 13.3. The van der Waals surface area contributed by atoms with Crippen molar-refractivity contribution in [2.75, 3.05) is 11.9 Å². The molecule has 0 aliphatic rings. The molecule has 0 radical (unpaired) electrons. The standard InChI is InChI=1S/C16H25ClN2O/c1-12(2)6-4-7-13(3)18-11-16(20)19-15-9-5-8-14(17)10-15/h5,8-10,12-13,18H,4,6-7,11H2,1-3H3,(H,19,20). The molecule has 0 saturated heterocycles. The van der Waals surface area contributed by atoms with E-state index < -0.39 is 0 Å². The van der Waals surface area contributed by atoms with E-state index in [9.17, 15) is 4.79 Å². The Hall–Kier alpha value is -1.06. The minimum atomic E-state index is -0.0389. The lowest BCUT2D eigenvalue weighted by Crippen LogP contribution is -2.34. The Bertz CT molecular complexity index is 421. The molecule has 3 nitrogen and oxygen atoms in total. The number of halogens is 1. The lowest BCUT2D eigenvalue weighted by atomic mass is 10.0. The van der Waals surface area contributed by atoms with Crippen molar-refractivity contribution in [3.8, 4) is 0 Å². The minimum Gasteiger partial charge on any atom is -0.325 e. The first kappa shape index (κ1) is 17.0. The van der Waals surface area contributed by atoms with Gasteiger partial charge in [0.05, 0.1) is 6.54 Å². The molecule has 1 amide bonds. The van der Waals surface area contributed by atoms with Crippen molar-refractivity contribution in [1.82, 2.24) is 5.32 Å². The fraction of sp³-hybridized carbons (Fsp3) is 0.562. The van der Waals surface area contributed by atoms with Crippen LogP contribution in [-0.2, 0) is 4.79 Å². The molecule has 20 heavy (non-hydrogen) atoms. The predicted molar refractivity (Wildman–Crippen MR) is 86.2 cm³/mol. The number of hydrogen-bond donors (Lipinski definition) is 2. The largest absolute Gasteiger partial charge is 0.325 e. The zero-order valence-electron chi connectivity index (χ0n) is 12.6. The topological polar surface area (TPSA) is 41.1 Å². The maximum atomic E-state index is 11.8. The molecule has 1 aromatic rings. The normalized spacial score (nSPS) is 12.4. The van der Waals surface area contributed by atoms with Gasteiger partial charge in [0, 0.05) is 16.8 Å². The van der Waals surface area contributed by atoms with Gasteiger partial charge >= 0.3 is 0 Å². The van der Waals surface area contributed by atoms with E-state index in [1.807, 2.05) is 12.1 Å². The summed E-state index contributed by atoms with van der Waals surface area (Å²) in [4.78, 5) is 11.8. The van der Waals surface area contributed by atoms with E-state index in [4.69, 9.17) is 11.6 Å². The third-order valence-electron chi connectivity index (χ3n) is 3.14. The van der Waals surface area contributed by atoms with Crippen molar-refractivity contribution < 1.29 is 4.79 Å². The highest BCUT2D eigenvalue weighted by atomic mass is 35.5. The monoisotopic (exact) mass is 296 g/mol. The molecule has 0 aliphatic carbocycles. The molecule has 0 aliphatic heterocycles. The van der Waals surface area contributed by atoms with Crippen molar-refractivity contribution in [3.05, 3.63) is 29.3 Å². The molecular formula is C16H25ClN2O. The Kier molecular flexibility index (Phi) is 7.63. The average molecular weight is 297 g/mol. The van der Waals surface area contributed by atoms with Crippen LogP contribution in [0.25, 0.3) is 0 Å². The third-order valence-corrected chi connectivity index (χ3v) is 3.37. The Morgan fingerprint density at radius 3 is 2.65 bits per heavy atom. The fourth-order valence-corrected chi connectivity index (χ4v) is 2.16. The third kappa shape index (κ3) is 7.51. The van der Waals surface area contributed by atoms with Gasteiger partial charge in [-0.2, -0.15) is 0 Å². The number of amides is 1. The summed E-state index contributed by atoms with van der Waals surface area (Å²) in [5.74, 6) is 0.705. The number of anilines is 1. The summed E-state index contributed by atoms with van der Waals surface area (Å²) in [6, 6.07) is 7.53. The molecule has 0 spiro atoms. The molecule has 1 aromatic carbocycles. The molecule has 0 heterocycles. The van der Waals surface area contributed by atoms with Gasteiger partial charge in [-0.15, -0.1) is 0 Å². The maximum absolute atomic E-state index is 11.8. The molecule has 1 unspecified atom stereocenters. The van der Waals surface area contributed by atoms with Crippen LogP contribution < -0.4 is 10.6 Å². The molecule has 2 N–H and O–H groups in total. The molecule has 0 aromatic heterocycles. The quantitative estimate of drug-likeness (QED) is 0.759. The molecule has 0 saturated carbocycles. The number of carbonyl (C=O) groups is 1. The summed E-state index contributed by atoms with van der Waals surface area (Å²) in [6.45, 7) is 6.91. The smallest absolute Gasteiger partial charge is 0.238 e. The van der Waals surface area contributed by atoms with Crippen LogP contribution in [0.1, 0.15) is 40.0 Å². The van der Waals surface area contributed by atoms with Gasteiger partial charge in [-0.25, -0.2) is 0 Å². The van der Waals surface area contributed by atoms with Crippen molar-refractivity contribution in [2.24, 2.45) is 5.92 Å². The van der Waals surface area contributed by atoms with Crippen LogP contribution in [0.2, 0.25) is 5.02 Å². The van der Waals surface area contributed by atoms with E-state index in [0.29, 0.717) is 17.6 Å². The Morgan fingerprint density at radius 2 is 2.00 bits per heavy atom. The van der Waals surface area contributed by atoms with Crippen LogP contribution in [-0.4, -0.2) is 18.5 Å². The van der Waals surface area contributed by atoms with Crippen LogP contribution >= 0.6 is 11.6 Å². The van der Waals surface area contributed by atoms with Gasteiger partial charge in [0.15, 0.2) is 0 Å². The predicted octanol–water partition coefficient (Wildman–Crippen LogP) is 4.08. The molecule has 1 rings (SSSR count). The van der Waals surface area contributed by atoms with Gasteiger partial charge in [0.2, 0.25) is 5.91 Å². The Labute approximate surface area is 127 Å². The van der Waals surface area contributed by atoms with E-state index in [1.165, 1.54) is 12.8 Å². The van der Waals surface area contributed by atoms with Gasteiger partial charge in [0.25, 0.3) is 0 Å². The summed E-state index contributed by atoms with van der Waals surface area (Å²) < 4.78 is 0. The van der Waals surface area contributed by atoms with Crippen molar-refractivity contribution in [2.45, 2.75) is 46.1 Å².